The fourth-order valence-corrected chi connectivity index (χ4v) is 6.83. The second-order valence-corrected chi connectivity index (χ2v) is 11.6. The van der Waals surface area contributed by atoms with Gasteiger partial charge in [-0.2, -0.15) is 0 Å². The topological polar surface area (TPSA) is 36.3 Å². The summed E-state index contributed by atoms with van der Waals surface area (Å²) < 4.78 is 16.2. The van der Waals surface area contributed by atoms with Crippen molar-refractivity contribution in [2.45, 2.75) is 32.4 Å². The van der Waals surface area contributed by atoms with Crippen molar-refractivity contribution < 1.29 is 4.39 Å². The van der Waals surface area contributed by atoms with Gasteiger partial charge in [0, 0.05) is 42.6 Å². The lowest BCUT2D eigenvalue weighted by Crippen LogP contribution is -2.38. The van der Waals surface area contributed by atoms with E-state index in [0.717, 1.165) is 41.5 Å². The highest BCUT2D eigenvalue weighted by Gasteiger charge is 2.42. The van der Waals surface area contributed by atoms with Crippen LogP contribution in [0, 0.1) is 17.7 Å². The minimum atomic E-state index is -0.283. The maximum absolute atomic E-state index is 14.2. The molecular weight excluding hydrogens is 529 g/mol. The predicted molar refractivity (Wildman–Crippen MR) is 160 cm³/mol. The Kier molecular flexibility index (Phi) is 7.04. The van der Waals surface area contributed by atoms with E-state index in [1.807, 2.05) is 47.2 Å². The van der Waals surface area contributed by atoms with Crippen LogP contribution in [-0.2, 0) is 0 Å². The summed E-state index contributed by atoms with van der Waals surface area (Å²) in [6.45, 7) is 6.60. The van der Waals surface area contributed by atoms with Gasteiger partial charge in [-0.15, -0.1) is 0 Å². The maximum atomic E-state index is 14.2. The van der Waals surface area contributed by atoms with Gasteiger partial charge >= 0.3 is 0 Å². The molecule has 6 rings (SSSR count). The van der Waals surface area contributed by atoms with Crippen molar-refractivity contribution in [1.29, 1.82) is 0 Å². The van der Waals surface area contributed by atoms with Crippen molar-refractivity contribution in [3.05, 3.63) is 107 Å². The predicted octanol–water partition coefficient (Wildman–Crippen LogP) is 7.32. The van der Waals surface area contributed by atoms with E-state index in [-0.39, 0.29) is 17.9 Å². The molecule has 1 N–H and O–H groups in total. The smallest absolute Gasteiger partial charge is 0.174 e. The van der Waals surface area contributed by atoms with Crippen molar-refractivity contribution in [3.8, 4) is 5.69 Å². The molecule has 8 heteroatoms. The van der Waals surface area contributed by atoms with Crippen LogP contribution in [0.3, 0.4) is 0 Å². The summed E-state index contributed by atoms with van der Waals surface area (Å²) in [5.41, 5.74) is 4.53. The molecule has 39 heavy (non-hydrogen) atoms. The van der Waals surface area contributed by atoms with E-state index in [1.54, 1.807) is 12.3 Å². The number of anilines is 2. The second-order valence-electron chi connectivity index (χ2n) is 10.8. The monoisotopic (exact) mass is 559 g/mol. The fraction of sp³-hybridized carbons (Fsp3) is 0.290. The van der Waals surface area contributed by atoms with Gasteiger partial charge in [-0.1, -0.05) is 37.6 Å². The molecule has 0 bridgehead atoms. The minimum Gasteiger partial charge on any atom is -0.370 e. The summed E-state index contributed by atoms with van der Waals surface area (Å²) in [5, 5.41) is 4.81. The molecule has 2 aliphatic rings. The molecule has 0 spiro atoms. The Morgan fingerprint density at radius 3 is 2.49 bits per heavy atom. The Balaban J connectivity index is 1.43. The summed E-state index contributed by atoms with van der Waals surface area (Å²) in [6.07, 6.45) is 4.98. The molecule has 2 fully saturated rings. The molecule has 0 amide bonds. The number of nitrogens with zero attached hydrogens (tertiary/aromatic N) is 4. The molecule has 4 heterocycles. The molecular formula is C31H31ClFN5S. The Hall–Kier alpha value is -3.42. The number of aromatic nitrogens is 2. The summed E-state index contributed by atoms with van der Waals surface area (Å²) in [7, 11) is 0. The van der Waals surface area contributed by atoms with Crippen LogP contribution in [0.2, 0.25) is 5.02 Å². The number of thiocarbonyl (C=S) groups is 1. The highest BCUT2D eigenvalue weighted by atomic mass is 35.5. The number of nitrogens with one attached hydrogen (secondary N) is 1. The van der Waals surface area contributed by atoms with E-state index in [9.17, 15) is 4.39 Å². The number of pyridine rings is 1. The van der Waals surface area contributed by atoms with E-state index in [2.05, 4.69) is 52.1 Å². The third-order valence-corrected chi connectivity index (χ3v) is 8.30. The van der Waals surface area contributed by atoms with Gasteiger partial charge in [-0.25, -0.2) is 4.39 Å². The highest BCUT2D eigenvalue weighted by molar-refractivity contribution is 7.80. The molecule has 2 aromatic heterocycles. The van der Waals surface area contributed by atoms with E-state index >= 15 is 0 Å². The van der Waals surface area contributed by atoms with Gasteiger partial charge in [-0.3, -0.25) is 4.98 Å². The zero-order chi connectivity index (χ0) is 27.1. The molecule has 4 aromatic rings. The lowest BCUT2D eigenvalue weighted by molar-refractivity contribution is 0.357. The van der Waals surface area contributed by atoms with Crippen molar-refractivity contribution in [2.75, 3.05) is 22.9 Å². The molecule has 2 aliphatic heterocycles. The van der Waals surface area contributed by atoms with Crippen molar-refractivity contribution in [2.24, 2.45) is 11.8 Å². The number of hydrogen-bond acceptors (Lipinski definition) is 3. The number of piperidine rings is 1. The summed E-state index contributed by atoms with van der Waals surface area (Å²) in [5.74, 6) is 0.965. The first-order chi connectivity index (χ1) is 18.9. The lowest BCUT2D eigenvalue weighted by Gasteiger charge is -2.37. The Bertz CT molecular complexity index is 1480. The summed E-state index contributed by atoms with van der Waals surface area (Å²) in [4.78, 5) is 9.16. The molecule has 200 valence electrons. The van der Waals surface area contributed by atoms with E-state index < -0.39 is 0 Å². The lowest BCUT2D eigenvalue weighted by atomic mass is 9.91. The molecule has 0 radical (unpaired) electrons. The molecule has 0 saturated carbocycles. The number of hydrogen-bond donors (Lipinski definition) is 1. The third-order valence-electron chi connectivity index (χ3n) is 7.69. The van der Waals surface area contributed by atoms with E-state index in [0.29, 0.717) is 22.0 Å². The van der Waals surface area contributed by atoms with Gasteiger partial charge in [-0.05, 0) is 91.1 Å². The maximum Gasteiger partial charge on any atom is 0.174 e. The summed E-state index contributed by atoms with van der Waals surface area (Å²) >= 11 is 12.9. The number of benzene rings is 2. The van der Waals surface area contributed by atoms with Gasteiger partial charge in [0.1, 0.15) is 11.9 Å². The number of rotatable bonds is 5. The van der Waals surface area contributed by atoms with Crippen LogP contribution in [0.5, 0.6) is 0 Å². The largest absolute Gasteiger partial charge is 0.370 e. The average molecular weight is 560 g/mol. The van der Waals surface area contributed by atoms with Gasteiger partial charge in [0.05, 0.1) is 22.4 Å². The van der Waals surface area contributed by atoms with Gasteiger partial charge in [0.25, 0.3) is 0 Å². The summed E-state index contributed by atoms with van der Waals surface area (Å²) in [6, 6.07) is 22.3. The van der Waals surface area contributed by atoms with Gasteiger partial charge in [0.15, 0.2) is 5.11 Å². The molecule has 2 saturated heterocycles. The van der Waals surface area contributed by atoms with Crippen LogP contribution in [0.25, 0.3) is 5.69 Å². The van der Waals surface area contributed by atoms with Gasteiger partial charge < -0.3 is 19.7 Å². The van der Waals surface area contributed by atoms with Crippen LogP contribution in [-0.4, -0.2) is 27.8 Å². The molecule has 0 unspecified atom stereocenters. The first-order valence-corrected chi connectivity index (χ1v) is 14.2. The average Bonchev–Trinajstić information content (AvgIpc) is 3.53. The van der Waals surface area contributed by atoms with Crippen LogP contribution < -0.4 is 15.1 Å². The molecule has 5 nitrogen and oxygen atoms in total. The normalized spacial score (nSPS) is 23.2. The first kappa shape index (κ1) is 25.8. The Morgan fingerprint density at radius 1 is 0.949 bits per heavy atom. The third kappa shape index (κ3) is 5.01. The minimum absolute atomic E-state index is 0.219. The Morgan fingerprint density at radius 2 is 1.77 bits per heavy atom. The highest BCUT2D eigenvalue weighted by Crippen LogP contribution is 2.44. The van der Waals surface area contributed by atoms with Crippen LogP contribution in [0.15, 0.2) is 85.2 Å². The zero-order valence-corrected chi connectivity index (χ0v) is 23.5. The molecule has 0 aliphatic carbocycles. The quantitative estimate of drug-likeness (QED) is 0.259. The van der Waals surface area contributed by atoms with Crippen molar-refractivity contribution in [1.82, 2.24) is 14.9 Å². The first-order valence-electron chi connectivity index (χ1n) is 13.4. The standard InChI is InChI=1S/C31H31ClFN5S/c1-20-15-21(2)19-36(18-20)27-12-11-24(17-25(27)32)38-30(29(35-31(38)39)26-9-3-4-13-34-26)28-10-6-14-37(28)23-8-5-7-22(33)16-23/h3-14,16-17,20-21,29-30H,15,18-19H2,1-2H3,(H,35,39)/t20-,21-,29+,30+/m1/s1. The van der Waals surface area contributed by atoms with E-state index in [4.69, 9.17) is 23.8 Å². The van der Waals surface area contributed by atoms with E-state index in [1.165, 1.54) is 18.6 Å². The Labute approximate surface area is 239 Å². The van der Waals surface area contributed by atoms with Crippen LogP contribution in [0.1, 0.15) is 43.7 Å². The SMILES string of the molecule is C[C@@H]1C[C@@H](C)CN(c2ccc(N3C(=S)N[C@@H](c4ccccn4)[C@@H]3c3cccn3-c3cccc(F)c3)cc2Cl)C1. The number of halogens is 2. The molecule has 2 aromatic carbocycles. The van der Waals surface area contributed by atoms with Crippen molar-refractivity contribution in [3.63, 3.8) is 0 Å². The van der Waals surface area contributed by atoms with Crippen molar-refractivity contribution >= 4 is 40.3 Å². The zero-order valence-electron chi connectivity index (χ0n) is 22.0. The van der Waals surface area contributed by atoms with Gasteiger partial charge in [0.2, 0.25) is 0 Å². The second kappa shape index (κ2) is 10.6. The fourth-order valence-electron chi connectivity index (χ4n) is 6.19. The molecule has 4 atom stereocenters. The van der Waals surface area contributed by atoms with Crippen LogP contribution in [0.4, 0.5) is 15.8 Å². The van der Waals surface area contributed by atoms with Crippen LogP contribution >= 0.6 is 23.8 Å².